The van der Waals surface area contributed by atoms with Crippen LogP contribution in [0.5, 0.6) is 0 Å². The fourth-order valence-corrected chi connectivity index (χ4v) is 2.73. The monoisotopic (exact) mass is 237 g/mol. The summed E-state index contributed by atoms with van der Waals surface area (Å²) in [4.78, 5) is 6.57. The van der Waals surface area contributed by atoms with E-state index in [4.69, 9.17) is 0 Å². The van der Waals surface area contributed by atoms with Gasteiger partial charge in [-0.2, -0.15) is 0 Å². The van der Waals surface area contributed by atoms with Crippen molar-refractivity contribution < 1.29 is 5.11 Å². The van der Waals surface area contributed by atoms with Gasteiger partial charge in [-0.3, -0.25) is 0 Å². The van der Waals surface area contributed by atoms with Crippen molar-refractivity contribution >= 4 is 0 Å². The van der Waals surface area contributed by atoms with Gasteiger partial charge >= 0.3 is 0 Å². The Balaban J connectivity index is 1.70. The lowest BCUT2D eigenvalue weighted by Gasteiger charge is -2.25. The van der Waals surface area contributed by atoms with E-state index in [0.717, 1.165) is 25.9 Å². The van der Waals surface area contributed by atoms with Crippen LogP contribution >= 0.6 is 0 Å². The minimum absolute atomic E-state index is 0.172. The molecule has 2 unspecified atom stereocenters. The van der Waals surface area contributed by atoms with E-state index in [9.17, 15) is 5.11 Å². The molecule has 0 amide bonds. The van der Waals surface area contributed by atoms with E-state index < -0.39 is 0 Å². The molecule has 2 rings (SSSR count). The minimum Gasteiger partial charge on any atom is -0.393 e. The average Bonchev–Trinajstić information content (AvgIpc) is 2.90. The van der Waals surface area contributed by atoms with Crippen molar-refractivity contribution in [1.82, 2.24) is 14.5 Å². The number of rotatable bonds is 6. The smallest absolute Gasteiger partial charge is 0.0945 e. The molecule has 1 fully saturated rings. The number of aliphatic hydroxyl groups excluding tert-OH is 1. The number of aliphatic hydroxyl groups is 1. The van der Waals surface area contributed by atoms with Crippen LogP contribution in [0.4, 0.5) is 0 Å². The van der Waals surface area contributed by atoms with Crippen molar-refractivity contribution in [2.24, 2.45) is 0 Å². The van der Waals surface area contributed by atoms with Crippen LogP contribution < -0.4 is 0 Å². The van der Waals surface area contributed by atoms with Crippen LogP contribution in [0, 0.1) is 0 Å². The Morgan fingerprint density at radius 1 is 1.47 bits per heavy atom. The first-order valence-electron chi connectivity index (χ1n) is 6.63. The predicted octanol–water partition coefficient (Wildman–Crippen LogP) is 1.51. The maximum absolute atomic E-state index is 9.47. The third kappa shape index (κ3) is 3.82. The van der Waals surface area contributed by atoms with E-state index in [1.54, 1.807) is 0 Å². The Hall–Kier alpha value is -0.870. The van der Waals surface area contributed by atoms with E-state index in [0.29, 0.717) is 6.04 Å². The van der Waals surface area contributed by atoms with Gasteiger partial charge in [0.05, 0.1) is 12.4 Å². The van der Waals surface area contributed by atoms with E-state index in [-0.39, 0.29) is 6.10 Å². The summed E-state index contributed by atoms with van der Waals surface area (Å²) in [5.41, 5.74) is 0. The summed E-state index contributed by atoms with van der Waals surface area (Å²) in [6, 6.07) is 0.595. The van der Waals surface area contributed by atoms with Gasteiger partial charge in [0.2, 0.25) is 0 Å². The summed E-state index contributed by atoms with van der Waals surface area (Å²) >= 11 is 0. The Kier molecular flexibility index (Phi) is 4.57. The molecule has 0 spiro atoms. The lowest BCUT2D eigenvalue weighted by Crippen LogP contribution is -2.33. The van der Waals surface area contributed by atoms with Gasteiger partial charge in [-0.1, -0.05) is 0 Å². The maximum atomic E-state index is 9.47. The maximum Gasteiger partial charge on any atom is 0.0945 e. The zero-order valence-electron chi connectivity index (χ0n) is 10.6. The van der Waals surface area contributed by atoms with Crippen LogP contribution in [-0.4, -0.2) is 44.8 Å². The van der Waals surface area contributed by atoms with E-state index in [1.165, 1.54) is 19.4 Å². The van der Waals surface area contributed by atoms with Gasteiger partial charge in [-0.15, -0.1) is 0 Å². The zero-order chi connectivity index (χ0) is 12.1. The average molecular weight is 237 g/mol. The molecule has 2 heterocycles. The lowest BCUT2D eigenvalue weighted by molar-refractivity contribution is 0.132. The summed E-state index contributed by atoms with van der Waals surface area (Å²) in [6.45, 7) is 5.26. The van der Waals surface area contributed by atoms with Crippen molar-refractivity contribution in [2.45, 2.75) is 51.3 Å². The fourth-order valence-electron chi connectivity index (χ4n) is 2.73. The first-order valence-corrected chi connectivity index (χ1v) is 6.63. The number of aromatic nitrogens is 2. The largest absolute Gasteiger partial charge is 0.393 e. The Morgan fingerprint density at radius 3 is 3.06 bits per heavy atom. The molecule has 17 heavy (non-hydrogen) atoms. The van der Waals surface area contributed by atoms with E-state index in [1.807, 2.05) is 25.6 Å². The second-order valence-electron chi connectivity index (χ2n) is 5.07. The molecule has 1 aliphatic heterocycles. The number of hydrogen-bond donors (Lipinski definition) is 1. The van der Waals surface area contributed by atoms with Crippen molar-refractivity contribution in [1.29, 1.82) is 0 Å². The van der Waals surface area contributed by atoms with Gasteiger partial charge in [0.1, 0.15) is 0 Å². The van der Waals surface area contributed by atoms with Gasteiger partial charge in [0, 0.05) is 31.5 Å². The molecule has 1 aromatic rings. The molecule has 1 saturated heterocycles. The molecule has 0 saturated carbocycles. The third-order valence-electron chi connectivity index (χ3n) is 3.53. The second kappa shape index (κ2) is 6.17. The number of hydrogen-bond acceptors (Lipinski definition) is 3. The fraction of sp³-hybridized carbons (Fsp3) is 0.769. The highest BCUT2D eigenvalue weighted by Gasteiger charge is 2.24. The molecule has 1 aliphatic rings. The Labute approximate surface area is 103 Å². The van der Waals surface area contributed by atoms with E-state index >= 15 is 0 Å². The highest BCUT2D eigenvalue weighted by molar-refractivity contribution is 4.81. The minimum atomic E-state index is -0.172. The Bertz CT molecular complexity index is 310. The molecule has 0 bridgehead atoms. The number of aryl methyl sites for hydroxylation is 1. The summed E-state index contributed by atoms with van der Waals surface area (Å²) in [5.74, 6) is 0. The van der Waals surface area contributed by atoms with Gasteiger partial charge in [0.25, 0.3) is 0 Å². The predicted molar refractivity (Wildman–Crippen MR) is 67.7 cm³/mol. The summed E-state index contributed by atoms with van der Waals surface area (Å²) in [6.07, 6.45) is 10.1. The molecule has 4 heteroatoms. The molecule has 2 atom stereocenters. The van der Waals surface area contributed by atoms with Gasteiger partial charge < -0.3 is 14.6 Å². The first kappa shape index (κ1) is 12.6. The van der Waals surface area contributed by atoms with Crippen LogP contribution in [-0.2, 0) is 6.54 Å². The van der Waals surface area contributed by atoms with Crippen LogP contribution in [0.15, 0.2) is 18.7 Å². The Morgan fingerprint density at radius 2 is 2.35 bits per heavy atom. The second-order valence-corrected chi connectivity index (χ2v) is 5.07. The quantitative estimate of drug-likeness (QED) is 0.815. The summed E-state index contributed by atoms with van der Waals surface area (Å²) < 4.78 is 2.12. The molecule has 0 aliphatic carbocycles. The lowest BCUT2D eigenvalue weighted by atomic mass is 10.1. The third-order valence-corrected chi connectivity index (χ3v) is 3.53. The molecular weight excluding hydrogens is 214 g/mol. The topological polar surface area (TPSA) is 41.3 Å². The molecule has 0 aromatic carbocycles. The molecule has 96 valence electrons. The van der Waals surface area contributed by atoms with Crippen LogP contribution in [0.2, 0.25) is 0 Å². The van der Waals surface area contributed by atoms with E-state index in [2.05, 4.69) is 14.5 Å². The molecule has 1 aromatic heterocycles. The molecule has 0 radical (unpaired) electrons. The van der Waals surface area contributed by atoms with Gasteiger partial charge in [-0.25, -0.2) is 4.98 Å². The van der Waals surface area contributed by atoms with Crippen molar-refractivity contribution in [2.75, 3.05) is 13.1 Å². The van der Waals surface area contributed by atoms with Crippen molar-refractivity contribution in [3.63, 3.8) is 0 Å². The normalized spacial score (nSPS) is 23.1. The van der Waals surface area contributed by atoms with Crippen LogP contribution in [0.25, 0.3) is 0 Å². The molecule has 1 N–H and O–H groups in total. The van der Waals surface area contributed by atoms with Crippen LogP contribution in [0.1, 0.15) is 32.6 Å². The number of likely N-dealkylation sites (tertiary alicyclic amines) is 1. The zero-order valence-corrected chi connectivity index (χ0v) is 10.6. The van der Waals surface area contributed by atoms with Crippen molar-refractivity contribution in [3.05, 3.63) is 18.7 Å². The van der Waals surface area contributed by atoms with Gasteiger partial charge in [0.15, 0.2) is 0 Å². The van der Waals surface area contributed by atoms with Crippen LogP contribution in [0.3, 0.4) is 0 Å². The first-order chi connectivity index (χ1) is 8.25. The summed E-state index contributed by atoms with van der Waals surface area (Å²) in [7, 11) is 0. The molecular formula is C13H23N3O. The number of nitrogens with zero attached hydrogens (tertiary/aromatic N) is 3. The highest BCUT2D eigenvalue weighted by Crippen LogP contribution is 2.21. The van der Waals surface area contributed by atoms with Crippen molar-refractivity contribution in [3.8, 4) is 0 Å². The number of imidazole rings is 1. The van der Waals surface area contributed by atoms with Gasteiger partial charge in [-0.05, 0) is 39.2 Å². The molecule has 4 nitrogen and oxygen atoms in total. The highest BCUT2D eigenvalue weighted by atomic mass is 16.3. The SMILES string of the molecule is CC(O)CC1CCCN1CCCn1ccnc1. The standard InChI is InChI=1S/C13H23N3O/c1-12(17)10-13-4-2-7-16(13)8-3-6-15-9-5-14-11-15/h5,9,11-13,17H,2-4,6-8,10H2,1H3. The summed E-state index contributed by atoms with van der Waals surface area (Å²) in [5, 5.41) is 9.47.